The second-order valence-electron chi connectivity index (χ2n) is 4.67. The zero-order valence-corrected chi connectivity index (χ0v) is 11.0. The number of nitrogens with one attached hydrogen (secondary N) is 2. The summed E-state index contributed by atoms with van der Waals surface area (Å²) in [5.41, 5.74) is 0. The number of hydrogen-bond donors (Lipinski definition) is 2. The van der Waals surface area contributed by atoms with Crippen molar-refractivity contribution in [2.45, 2.75) is 13.5 Å². The average Bonchev–Trinajstić information content (AvgIpc) is 2.73. The largest absolute Gasteiger partial charge is 0.468 e. The van der Waals surface area contributed by atoms with E-state index in [0.29, 0.717) is 11.7 Å². The van der Waals surface area contributed by atoms with Crippen LogP contribution < -0.4 is 10.6 Å². The Balaban J connectivity index is 1.88. The molecule has 2 rings (SSSR count). The van der Waals surface area contributed by atoms with Crippen LogP contribution in [0.4, 0.5) is 5.82 Å². The van der Waals surface area contributed by atoms with Crippen LogP contribution in [0.25, 0.3) is 0 Å². The van der Waals surface area contributed by atoms with Crippen LogP contribution in [-0.2, 0) is 20.9 Å². The van der Waals surface area contributed by atoms with Crippen molar-refractivity contribution in [2.75, 3.05) is 25.5 Å². The lowest BCUT2D eigenvalue weighted by Gasteiger charge is -2.31. The molecule has 0 aliphatic carbocycles. The molecule has 1 aromatic heterocycles. The summed E-state index contributed by atoms with van der Waals surface area (Å²) >= 11 is 0. The lowest BCUT2D eigenvalue weighted by atomic mass is 9.88. The van der Waals surface area contributed by atoms with Crippen molar-refractivity contribution in [3.63, 3.8) is 0 Å². The summed E-state index contributed by atoms with van der Waals surface area (Å²) in [6.45, 7) is 3.71. The fourth-order valence-electron chi connectivity index (χ4n) is 1.83. The highest BCUT2D eigenvalue weighted by molar-refractivity contribution is 5.91. The highest BCUT2D eigenvalue weighted by Crippen LogP contribution is 2.17. The van der Waals surface area contributed by atoms with E-state index < -0.39 is 0 Å². The molecule has 1 aromatic rings. The summed E-state index contributed by atoms with van der Waals surface area (Å²) in [6.07, 6.45) is 1.63. The van der Waals surface area contributed by atoms with E-state index in [9.17, 15) is 9.59 Å². The lowest BCUT2D eigenvalue weighted by molar-refractivity contribution is -0.141. The van der Waals surface area contributed by atoms with E-state index in [2.05, 4.69) is 20.5 Å². The maximum atomic E-state index is 12.0. The van der Waals surface area contributed by atoms with E-state index in [-0.39, 0.29) is 24.3 Å². The van der Waals surface area contributed by atoms with E-state index in [0.717, 1.165) is 13.1 Å². The summed E-state index contributed by atoms with van der Waals surface area (Å²) in [4.78, 5) is 23.0. The van der Waals surface area contributed by atoms with Crippen LogP contribution in [0.15, 0.2) is 12.3 Å². The maximum absolute atomic E-state index is 12.0. The molecule has 2 N–H and O–H groups in total. The predicted molar refractivity (Wildman–Crippen MR) is 68.4 cm³/mol. The molecule has 1 aliphatic heterocycles. The van der Waals surface area contributed by atoms with Gasteiger partial charge in [-0.25, -0.2) is 0 Å². The summed E-state index contributed by atoms with van der Waals surface area (Å²) in [6, 6.07) is 1.66. The quantitative estimate of drug-likeness (QED) is 0.724. The first-order valence-corrected chi connectivity index (χ1v) is 6.22. The summed E-state index contributed by atoms with van der Waals surface area (Å²) in [5, 5.41) is 9.99. The molecule has 0 aromatic carbocycles. The number of esters is 1. The third kappa shape index (κ3) is 3.31. The van der Waals surface area contributed by atoms with Crippen LogP contribution in [0.5, 0.6) is 0 Å². The van der Waals surface area contributed by atoms with Gasteiger partial charge in [-0.3, -0.25) is 14.3 Å². The molecule has 7 nitrogen and oxygen atoms in total. The molecule has 1 amide bonds. The molecule has 0 radical (unpaired) electrons. The van der Waals surface area contributed by atoms with Gasteiger partial charge >= 0.3 is 5.97 Å². The molecular weight excluding hydrogens is 248 g/mol. The lowest BCUT2D eigenvalue weighted by Crippen LogP contribution is -2.48. The van der Waals surface area contributed by atoms with Gasteiger partial charge in [0.2, 0.25) is 5.91 Å². The zero-order chi connectivity index (χ0) is 13.8. The van der Waals surface area contributed by atoms with Crippen molar-refractivity contribution in [2.24, 2.45) is 11.8 Å². The molecule has 7 heteroatoms. The molecule has 1 fully saturated rings. The number of aromatic nitrogens is 2. The molecule has 1 unspecified atom stereocenters. The maximum Gasteiger partial charge on any atom is 0.327 e. The van der Waals surface area contributed by atoms with Gasteiger partial charge in [-0.05, 0) is 19.0 Å². The monoisotopic (exact) mass is 266 g/mol. The minimum atomic E-state index is -0.380. The first-order chi connectivity index (χ1) is 9.10. The molecule has 2 heterocycles. The SMILES string of the molecule is COC(=O)Cn1ccc(NC(=O)C(C)C2CNC2)n1. The normalized spacial score (nSPS) is 16.5. The number of ether oxygens (including phenoxy) is 1. The highest BCUT2D eigenvalue weighted by Gasteiger charge is 2.28. The van der Waals surface area contributed by atoms with Gasteiger partial charge in [-0.15, -0.1) is 0 Å². The first kappa shape index (κ1) is 13.5. The van der Waals surface area contributed by atoms with E-state index in [1.54, 1.807) is 12.3 Å². The molecule has 1 saturated heterocycles. The minimum absolute atomic E-state index is 0.0362. The van der Waals surface area contributed by atoms with Gasteiger partial charge in [0.05, 0.1) is 7.11 Å². The second-order valence-corrected chi connectivity index (χ2v) is 4.67. The second kappa shape index (κ2) is 5.83. The molecule has 0 bridgehead atoms. The van der Waals surface area contributed by atoms with Crippen molar-refractivity contribution in [3.05, 3.63) is 12.3 Å². The standard InChI is InChI=1S/C12H18N4O3/c1-8(9-5-13-6-9)12(18)14-10-3-4-16(15-10)7-11(17)19-2/h3-4,8-9,13H,5-7H2,1-2H3,(H,14,15,18). The molecule has 104 valence electrons. The summed E-state index contributed by atoms with van der Waals surface area (Å²) in [7, 11) is 1.32. The smallest absolute Gasteiger partial charge is 0.327 e. The third-order valence-electron chi connectivity index (χ3n) is 3.34. The highest BCUT2D eigenvalue weighted by atomic mass is 16.5. The van der Waals surface area contributed by atoms with Gasteiger partial charge in [0, 0.05) is 18.2 Å². The van der Waals surface area contributed by atoms with Gasteiger partial charge in [0.25, 0.3) is 0 Å². The number of carbonyl (C=O) groups is 2. The molecule has 1 aliphatic rings. The summed E-state index contributed by atoms with van der Waals surface area (Å²) in [5.74, 6) is 0.363. The fourth-order valence-corrected chi connectivity index (χ4v) is 1.83. The Kier molecular flexibility index (Phi) is 4.16. The number of carbonyl (C=O) groups excluding carboxylic acids is 2. The van der Waals surface area contributed by atoms with E-state index in [4.69, 9.17) is 0 Å². The van der Waals surface area contributed by atoms with Gasteiger partial charge in [-0.2, -0.15) is 5.10 Å². The number of methoxy groups -OCH3 is 1. The van der Waals surface area contributed by atoms with Crippen LogP contribution in [-0.4, -0.2) is 41.9 Å². The molecular formula is C12H18N4O3. The summed E-state index contributed by atoms with van der Waals surface area (Å²) < 4.78 is 5.97. The van der Waals surface area contributed by atoms with Gasteiger partial charge in [-0.1, -0.05) is 6.92 Å². The van der Waals surface area contributed by atoms with Crippen LogP contribution in [0.1, 0.15) is 6.92 Å². The average molecular weight is 266 g/mol. The van der Waals surface area contributed by atoms with Crippen molar-refractivity contribution in [3.8, 4) is 0 Å². The van der Waals surface area contributed by atoms with E-state index >= 15 is 0 Å². The topological polar surface area (TPSA) is 85.2 Å². The van der Waals surface area contributed by atoms with E-state index in [1.165, 1.54) is 11.8 Å². The van der Waals surface area contributed by atoms with Crippen molar-refractivity contribution < 1.29 is 14.3 Å². The third-order valence-corrected chi connectivity index (χ3v) is 3.34. The first-order valence-electron chi connectivity index (χ1n) is 6.22. The fraction of sp³-hybridized carbons (Fsp3) is 0.583. The number of anilines is 1. The Bertz CT molecular complexity index is 467. The molecule has 0 spiro atoms. The Hall–Kier alpha value is -1.89. The minimum Gasteiger partial charge on any atom is -0.468 e. The Morgan fingerprint density at radius 1 is 1.63 bits per heavy atom. The van der Waals surface area contributed by atoms with Crippen LogP contribution in [0.2, 0.25) is 0 Å². The van der Waals surface area contributed by atoms with Crippen molar-refractivity contribution in [1.29, 1.82) is 0 Å². The van der Waals surface area contributed by atoms with Crippen LogP contribution >= 0.6 is 0 Å². The molecule has 1 atom stereocenters. The van der Waals surface area contributed by atoms with Gasteiger partial charge < -0.3 is 15.4 Å². The van der Waals surface area contributed by atoms with E-state index in [1.807, 2.05) is 6.92 Å². The van der Waals surface area contributed by atoms with Crippen LogP contribution in [0, 0.1) is 11.8 Å². The van der Waals surface area contributed by atoms with Crippen molar-refractivity contribution in [1.82, 2.24) is 15.1 Å². The van der Waals surface area contributed by atoms with Crippen molar-refractivity contribution >= 4 is 17.7 Å². The Labute approximate surface area is 111 Å². The van der Waals surface area contributed by atoms with Gasteiger partial charge in [0.1, 0.15) is 6.54 Å². The zero-order valence-electron chi connectivity index (χ0n) is 11.0. The number of rotatable bonds is 5. The predicted octanol–water partition coefficient (Wildman–Crippen LogP) is -0.150. The van der Waals surface area contributed by atoms with Crippen LogP contribution in [0.3, 0.4) is 0 Å². The van der Waals surface area contributed by atoms with Gasteiger partial charge in [0.15, 0.2) is 5.82 Å². The number of amides is 1. The number of nitrogens with zero attached hydrogens (tertiary/aromatic N) is 2. The Morgan fingerprint density at radius 2 is 2.37 bits per heavy atom. The molecule has 0 saturated carbocycles. The number of hydrogen-bond acceptors (Lipinski definition) is 5. The Morgan fingerprint density at radius 3 is 2.95 bits per heavy atom. The molecule has 19 heavy (non-hydrogen) atoms.